The van der Waals surface area contributed by atoms with E-state index in [9.17, 15) is 19.5 Å². The fourth-order valence-electron chi connectivity index (χ4n) is 6.17. The van der Waals surface area contributed by atoms with Crippen LogP contribution in [-0.2, 0) is 14.4 Å². The van der Waals surface area contributed by atoms with Crippen molar-refractivity contribution in [3.05, 3.63) is 107 Å². The van der Waals surface area contributed by atoms with Crippen molar-refractivity contribution in [3.63, 3.8) is 0 Å². The summed E-state index contributed by atoms with van der Waals surface area (Å²) < 4.78 is 0. The van der Waals surface area contributed by atoms with Gasteiger partial charge in [-0.3, -0.25) is 14.4 Å². The number of aryl methyl sites for hydroxylation is 4. The van der Waals surface area contributed by atoms with E-state index in [1.54, 1.807) is 0 Å². The summed E-state index contributed by atoms with van der Waals surface area (Å²) in [5.74, 6) is -4.49. The molecule has 1 aliphatic carbocycles. The Hall–Kier alpha value is -4.29. The summed E-state index contributed by atoms with van der Waals surface area (Å²) in [6.45, 7) is 9.20. The lowest BCUT2D eigenvalue weighted by atomic mass is 9.60. The summed E-state index contributed by atoms with van der Waals surface area (Å²) in [6.07, 6.45) is -0.315. The number of rotatable bonds is 5. The van der Waals surface area contributed by atoms with Gasteiger partial charge >= 0.3 is 0 Å². The van der Waals surface area contributed by atoms with Crippen molar-refractivity contribution in [2.75, 3.05) is 10.6 Å². The minimum atomic E-state index is -1.68. The van der Waals surface area contributed by atoms with Crippen LogP contribution in [0.5, 0.6) is 0 Å². The Kier molecular flexibility index (Phi) is 7.54. The molecule has 0 heterocycles. The lowest BCUT2D eigenvalue weighted by molar-refractivity contribution is -0.150. The lowest BCUT2D eigenvalue weighted by Gasteiger charge is -2.45. The third-order valence-electron chi connectivity index (χ3n) is 8.32. The van der Waals surface area contributed by atoms with Gasteiger partial charge in [-0.05, 0) is 85.3 Å². The molecule has 6 nitrogen and oxygen atoms in total. The molecule has 1 aliphatic rings. The fourth-order valence-corrected chi connectivity index (χ4v) is 6.17. The Bertz CT molecular complexity index is 1670. The quantitative estimate of drug-likeness (QED) is 0.252. The second-order valence-electron chi connectivity index (χ2n) is 11.7. The van der Waals surface area contributed by atoms with Gasteiger partial charge in [-0.1, -0.05) is 66.7 Å². The number of amides is 2. The summed E-state index contributed by atoms with van der Waals surface area (Å²) in [5.41, 5.74) is 3.94. The topological polar surface area (TPSA) is 95.5 Å². The standard InChI is InChI=1S/C35H36N2O4/c1-20-13-15-22(3)27(17-20)36-33(39)31-29(38)19-35(5,41)32(34(40)37-28-18-21(2)14-16-23(28)4)30(31)26-12-8-10-24-9-6-7-11-25(24)26/h6-18,30-32,41H,19H2,1-5H3,(H,36,39)(H,37,40). The van der Waals surface area contributed by atoms with Crippen molar-refractivity contribution >= 4 is 39.7 Å². The summed E-state index contributed by atoms with van der Waals surface area (Å²) in [7, 11) is 0. The van der Waals surface area contributed by atoms with Gasteiger partial charge in [-0.15, -0.1) is 0 Å². The predicted molar refractivity (Wildman–Crippen MR) is 163 cm³/mol. The van der Waals surface area contributed by atoms with Crippen LogP contribution in [0.2, 0.25) is 0 Å². The molecule has 5 rings (SSSR count). The number of carbonyl (C=O) groups is 3. The summed E-state index contributed by atoms with van der Waals surface area (Å²) in [6, 6.07) is 24.9. The highest BCUT2D eigenvalue weighted by atomic mass is 16.3. The Balaban J connectivity index is 1.66. The van der Waals surface area contributed by atoms with Crippen LogP contribution >= 0.6 is 0 Å². The van der Waals surface area contributed by atoms with Gasteiger partial charge in [0.15, 0.2) is 0 Å². The lowest BCUT2D eigenvalue weighted by Crippen LogP contribution is -2.56. The highest BCUT2D eigenvalue weighted by molar-refractivity contribution is 6.11. The number of Topliss-reactive ketones (excluding diaryl/α,β-unsaturated/α-hetero) is 1. The molecule has 3 N–H and O–H groups in total. The normalized spacial score (nSPS) is 22.4. The van der Waals surface area contributed by atoms with Crippen LogP contribution in [0.3, 0.4) is 0 Å². The van der Waals surface area contributed by atoms with Crippen molar-refractivity contribution in [1.82, 2.24) is 0 Å². The maximum atomic E-state index is 14.2. The number of benzene rings is 4. The molecule has 1 saturated carbocycles. The number of carbonyl (C=O) groups excluding carboxylic acids is 3. The number of fused-ring (bicyclic) bond motifs is 1. The van der Waals surface area contributed by atoms with Gasteiger partial charge in [0, 0.05) is 23.7 Å². The zero-order valence-electron chi connectivity index (χ0n) is 24.1. The van der Waals surface area contributed by atoms with Crippen LogP contribution in [-0.4, -0.2) is 28.3 Å². The molecule has 4 atom stereocenters. The van der Waals surface area contributed by atoms with E-state index in [-0.39, 0.29) is 6.42 Å². The second kappa shape index (κ2) is 10.9. The number of hydrogen-bond acceptors (Lipinski definition) is 4. The highest BCUT2D eigenvalue weighted by Crippen LogP contribution is 2.48. The minimum Gasteiger partial charge on any atom is -0.389 e. The Morgan fingerprint density at radius 3 is 1.98 bits per heavy atom. The average Bonchev–Trinajstić information content (AvgIpc) is 2.91. The molecule has 41 heavy (non-hydrogen) atoms. The van der Waals surface area contributed by atoms with Crippen LogP contribution in [0.1, 0.15) is 47.1 Å². The minimum absolute atomic E-state index is 0.315. The molecular weight excluding hydrogens is 512 g/mol. The third-order valence-corrected chi connectivity index (χ3v) is 8.32. The molecule has 4 aromatic rings. The van der Waals surface area contributed by atoms with Gasteiger partial charge in [0.05, 0.1) is 11.5 Å². The highest BCUT2D eigenvalue weighted by Gasteiger charge is 2.56. The number of hydrogen-bond donors (Lipinski definition) is 3. The van der Waals surface area contributed by atoms with Gasteiger partial charge < -0.3 is 15.7 Å². The van der Waals surface area contributed by atoms with Gasteiger partial charge in [0.25, 0.3) is 0 Å². The molecule has 2 amide bonds. The monoisotopic (exact) mass is 548 g/mol. The fraction of sp³-hybridized carbons (Fsp3) is 0.286. The van der Waals surface area contributed by atoms with E-state index >= 15 is 0 Å². The third kappa shape index (κ3) is 5.52. The molecule has 0 aliphatic heterocycles. The Labute approximate surface area is 240 Å². The van der Waals surface area contributed by atoms with Crippen LogP contribution in [0.4, 0.5) is 11.4 Å². The molecule has 0 spiro atoms. The molecule has 0 aromatic heterocycles. The Morgan fingerprint density at radius 1 is 0.780 bits per heavy atom. The summed E-state index contributed by atoms with van der Waals surface area (Å²) in [4.78, 5) is 42.0. The van der Waals surface area contributed by atoms with Gasteiger partial charge in [-0.25, -0.2) is 0 Å². The summed E-state index contributed by atoms with van der Waals surface area (Å²) >= 11 is 0. The van der Waals surface area contributed by atoms with Gasteiger partial charge in [0.1, 0.15) is 11.7 Å². The SMILES string of the molecule is Cc1ccc(C)c(NC(=O)C2C(=O)CC(C)(O)C(C(=O)Nc3cc(C)ccc3C)C2c2cccc3ccccc23)c1. The Morgan fingerprint density at radius 2 is 1.34 bits per heavy atom. The van der Waals surface area contributed by atoms with E-state index in [1.807, 2.05) is 107 Å². The zero-order chi connectivity index (χ0) is 29.5. The van der Waals surface area contributed by atoms with Crippen molar-refractivity contribution in [2.24, 2.45) is 11.8 Å². The van der Waals surface area contributed by atoms with Crippen LogP contribution in [0.15, 0.2) is 78.9 Å². The van der Waals surface area contributed by atoms with Crippen molar-refractivity contribution in [1.29, 1.82) is 0 Å². The van der Waals surface area contributed by atoms with Crippen LogP contribution < -0.4 is 10.6 Å². The van der Waals surface area contributed by atoms with Crippen molar-refractivity contribution in [3.8, 4) is 0 Å². The molecule has 1 fully saturated rings. The van der Waals surface area contributed by atoms with E-state index in [0.29, 0.717) is 16.9 Å². The largest absolute Gasteiger partial charge is 0.389 e. The maximum Gasteiger partial charge on any atom is 0.235 e. The molecule has 6 heteroatoms. The molecule has 0 saturated heterocycles. The predicted octanol–water partition coefficient (Wildman–Crippen LogP) is 6.39. The first-order valence-corrected chi connectivity index (χ1v) is 14.0. The van der Waals surface area contributed by atoms with Crippen LogP contribution in [0, 0.1) is 39.5 Å². The van der Waals surface area contributed by atoms with E-state index in [1.165, 1.54) is 6.92 Å². The number of aliphatic hydroxyl groups is 1. The molecule has 4 aromatic carbocycles. The average molecular weight is 549 g/mol. The van der Waals surface area contributed by atoms with Crippen molar-refractivity contribution < 1.29 is 19.5 Å². The number of anilines is 2. The maximum absolute atomic E-state index is 14.2. The van der Waals surface area contributed by atoms with E-state index < -0.39 is 41.0 Å². The zero-order valence-corrected chi connectivity index (χ0v) is 24.1. The molecule has 0 bridgehead atoms. The van der Waals surface area contributed by atoms with Crippen LogP contribution in [0.25, 0.3) is 10.8 Å². The number of ketones is 1. The van der Waals surface area contributed by atoms with E-state index in [4.69, 9.17) is 0 Å². The first kappa shape index (κ1) is 28.2. The molecule has 4 unspecified atom stereocenters. The number of nitrogens with one attached hydrogen (secondary N) is 2. The summed E-state index contributed by atoms with van der Waals surface area (Å²) in [5, 5.41) is 19.5. The molecular formula is C35H36N2O4. The van der Waals surface area contributed by atoms with E-state index in [2.05, 4.69) is 10.6 Å². The van der Waals surface area contributed by atoms with E-state index in [0.717, 1.165) is 33.0 Å². The van der Waals surface area contributed by atoms with Crippen molar-refractivity contribution in [2.45, 2.75) is 52.6 Å². The molecule has 0 radical (unpaired) electrons. The second-order valence-corrected chi connectivity index (χ2v) is 11.7. The molecule has 210 valence electrons. The smallest absolute Gasteiger partial charge is 0.235 e. The van der Waals surface area contributed by atoms with Gasteiger partial charge in [0.2, 0.25) is 11.8 Å². The van der Waals surface area contributed by atoms with Gasteiger partial charge in [-0.2, -0.15) is 0 Å². The first-order valence-electron chi connectivity index (χ1n) is 14.0. The first-order chi connectivity index (χ1) is 19.5.